The summed E-state index contributed by atoms with van der Waals surface area (Å²) in [5, 5.41) is 0. The number of aromatic nitrogens is 1. The number of carbonyl (C=O) groups is 2. The molecule has 2 aromatic carbocycles. The number of pyridine rings is 1. The summed E-state index contributed by atoms with van der Waals surface area (Å²) in [6.07, 6.45) is 4.71. The van der Waals surface area contributed by atoms with Crippen LogP contribution in [0.15, 0.2) is 85.1 Å². The summed E-state index contributed by atoms with van der Waals surface area (Å²) in [6.45, 7) is 3.88. The summed E-state index contributed by atoms with van der Waals surface area (Å²) in [5.74, 6) is 0.00176. The first-order valence-corrected chi connectivity index (χ1v) is 11.7. The van der Waals surface area contributed by atoms with Gasteiger partial charge in [-0.25, -0.2) is 4.79 Å². The number of esters is 1. The third kappa shape index (κ3) is 7.79. The topological polar surface area (TPSA) is 72.0 Å². The molecule has 3 aromatic rings. The Bertz CT molecular complexity index is 1110. The molecule has 0 saturated carbocycles. The fourth-order valence-corrected chi connectivity index (χ4v) is 3.75. The zero-order chi connectivity index (χ0) is 24.3. The molecule has 0 spiro atoms. The van der Waals surface area contributed by atoms with Gasteiger partial charge in [-0.05, 0) is 41.5 Å². The fourth-order valence-electron chi connectivity index (χ4n) is 3.75. The maximum absolute atomic E-state index is 12.4. The van der Waals surface area contributed by atoms with Crippen molar-refractivity contribution >= 4 is 18.0 Å². The van der Waals surface area contributed by atoms with Crippen LogP contribution in [0.2, 0.25) is 0 Å². The van der Waals surface area contributed by atoms with Gasteiger partial charge in [-0.3, -0.25) is 14.7 Å². The van der Waals surface area contributed by atoms with Crippen molar-refractivity contribution in [2.24, 2.45) is 0 Å². The second kappa shape index (κ2) is 12.5. The fraction of sp³-hybridized carbons (Fsp3) is 0.250. The van der Waals surface area contributed by atoms with Gasteiger partial charge in [-0.1, -0.05) is 48.5 Å². The van der Waals surface area contributed by atoms with Gasteiger partial charge in [0.15, 0.2) is 6.61 Å². The molecule has 1 aromatic heterocycles. The van der Waals surface area contributed by atoms with Gasteiger partial charge in [-0.15, -0.1) is 0 Å². The SMILES string of the molecule is O=C(/C=C/c1ccc(OCc2ccccn2)cc1)OCC(=O)N1CCN(Cc2ccccc2)CC1. The van der Waals surface area contributed by atoms with Gasteiger partial charge in [0, 0.05) is 45.0 Å². The minimum absolute atomic E-state index is 0.166. The molecule has 0 bridgehead atoms. The van der Waals surface area contributed by atoms with E-state index in [0.717, 1.165) is 30.9 Å². The van der Waals surface area contributed by atoms with Crippen molar-refractivity contribution in [1.29, 1.82) is 0 Å². The summed E-state index contributed by atoms with van der Waals surface area (Å²) in [6, 6.07) is 23.3. The first-order chi connectivity index (χ1) is 17.2. The molecule has 180 valence electrons. The lowest BCUT2D eigenvalue weighted by Gasteiger charge is -2.34. The van der Waals surface area contributed by atoms with Crippen LogP contribution in [0.1, 0.15) is 16.8 Å². The molecule has 1 saturated heterocycles. The first-order valence-electron chi connectivity index (χ1n) is 11.7. The summed E-state index contributed by atoms with van der Waals surface area (Å²) >= 11 is 0. The molecule has 0 atom stereocenters. The van der Waals surface area contributed by atoms with E-state index in [0.29, 0.717) is 25.4 Å². The van der Waals surface area contributed by atoms with Gasteiger partial charge < -0.3 is 14.4 Å². The highest BCUT2D eigenvalue weighted by Gasteiger charge is 2.21. The summed E-state index contributed by atoms with van der Waals surface area (Å²) in [7, 11) is 0. The number of carbonyl (C=O) groups excluding carboxylic acids is 2. The molecule has 2 heterocycles. The highest BCUT2D eigenvalue weighted by Crippen LogP contribution is 2.15. The van der Waals surface area contributed by atoms with E-state index in [9.17, 15) is 9.59 Å². The highest BCUT2D eigenvalue weighted by atomic mass is 16.5. The van der Waals surface area contributed by atoms with Crippen molar-refractivity contribution in [3.05, 3.63) is 102 Å². The molecule has 35 heavy (non-hydrogen) atoms. The molecular formula is C28H29N3O4. The van der Waals surface area contributed by atoms with Crippen LogP contribution < -0.4 is 4.74 Å². The maximum Gasteiger partial charge on any atom is 0.331 e. The Labute approximate surface area is 205 Å². The quantitative estimate of drug-likeness (QED) is 0.351. The van der Waals surface area contributed by atoms with Gasteiger partial charge >= 0.3 is 5.97 Å². The normalized spacial score (nSPS) is 14.1. The van der Waals surface area contributed by atoms with E-state index in [4.69, 9.17) is 9.47 Å². The van der Waals surface area contributed by atoms with Gasteiger partial charge in [0.25, 0.3) is 5.91 Å². The zero-order valence-electron chi connectivity index (χ0n) is 19.6. The van der Waals surface area contributed by atoms with E-state index in [2.05, 4.69) is 22.0 Å². The van der Waals surface area contributed by atoms with Crippen molar-refractivity contribution in [3.63, 3.8) is 0 Å². The van der Waals surface area contributed by atoms with Crippen molar-refractivity contribution in [2.75, 3.05) is 32.8 Å². The van der Waals surface area contributed by atoms with Gasteiger partial charge in [0.05, 0.1) is 5.69 Å². The Balaban J connectivity index is 1.15. The molecule has 0 unspecified atom stereocenters. The molecular weight excluding hydrogens is 442 g/mol. The molecule has 0 aliphatic carbocycles. The molecule has 4 rings (SSSR count). The van der Waals surface area contributed by atoms with Crippen LogP contribution in [-0.4, -0.2) is 59.4 Å². The third-order valence-electron chi connectivity index (χ3n) is 5.72. The Morgan fingerprint density at radius 2 is 1.63 bits per heavy atom. The third-order valence-corrected chi connectivity index (χ3v) is 5.72. The van der Waals surface area contributed by atoms with E-state index >= 15 is 0 Å². The van der Waals surface area contributed by atoms with Crippen molar-refractivity contribution in [3.8, 4) is 5.75 Å². The van der Waals surface area contributed by atoms with Crippen LogP contribution in [0.4, 0.5) is 0 Å². The van der Waals surface area contributed by atoms with Gasteiger partial charge in [0.1, 0.15) is 12.4 Å². The van der Waals surface area contributed by atoms with Crippen molar-refractivity contribution < 1.29 is 19.1 Å². The minimum atomic E-state index is -0.545. The number of piperazine rings is 1. The number of hydrogen-bond acceptors (Lipinski definition) is 6. The molecule has 1 aliphatic rings. The molecule has 1 amide bonds. The lowest BCUT2D eigenvalue weighted by molar-refractivity contribution is -0.149. The Kier molecular flexibility index (Phi) is 8.62. The minimum Gasteiger partial charge on any atom is -0.487 e. The Hall–Kier alpha value is -3.97. The zero-order valence-corrected chi connectivity index (χ0v) is 19.6. The van der Waals surface area contributed by atoms with Crippen LogP contribution in [0.5, 0.6) is 5.75 Å². The number of hydrogen-bond donors (Lipinski definition) is 0. The predicted octanol–water partition coefficient (Wildman–Crippen LogP) is 3.56. The Morgan fingerprint density at radius 1 is 0.886 bits per heavy atom. The average Bonchev–Trinajstić information content (AvgIpc) is 2.91. The van der Waals surface area contributed by atoms with E-state index < -0.39 is 5.97 Å². The standard InChI is InChI=1S/C28H29N3O4/c32-27(31-18-16-30(17-19-31)20-24-6-2-1-3-7-24)22-35-28(33)14-11-23-9-12-26(13-10-23)34-21-25-8-4-5-15-29-25/h1-15H,16-22H2/b14-11+. The molecule has 1 fully saturated rings. The van der Waals surface area contributed by atoms with Gasteiger partial charge in [-0.2, -0.15) is 0 Å². The summed E-state index contributed by atoms with van der Waals surface area (Å²) < 4.78 is 10.9. The summed E-state index contributed by atoms with van der Waals surface area (Å²) in [4.78, 5) is 32.8. The van der Waals surface area contributed by atoms with Crippen LogP contribution in [-0.2, 0) is 27.5 Å². The maximum atomic E-state index is 12.4. The van der Waals surface area contributed by atoms with E-state index in [-0.39, 0.29) is 12.5 Å². The molecule has 0 N–H and O–H groups in total. The van der Waals surface area contributed by atoms with E-state index in [1.165, 1.54) is 11.6 Å². The van der Waals surface area contributed by atoms with Gasteiger partial charge in [0.2, 0.25) is 0 Å². The average molecular weight is 472 g/mol. The number of benzene rings is 2. The molecule has 7 heteroatoms. The second-order valence-corrected chi connectivity index (χ2v) is 8.26. The van der Waals surface area contributed by atoms with Crippen LogP contribution in [0.25, 0.3) is 6.08 Å². The van der Waals surface area contributed by atoms with Crippen LogP contribution in [0.3, 0.4) is 0 Å². The number of rotatable bonds is 9. The van der Waals surface area contributed by atoms with Crippen molar-refractivity contribution in [2.45, 2.75) is 13.2 Å². The smallest absolute Gasteiger partial charge is 0.331 e. The van der Waals surface area contributed by atoms with E-state index in [1.807, 2.05) is 60.7 Å². The highest BCUT2D eigenvalue weighted by molar-refractivity contribution is 5.89. The predicted molar refractivity (Wildman–Crippen MR) is 133 cm³/mol. The molecule has 7 nitrogen and oxygen atoms in total. The lowest BCUT2D eigenvalue weighted by Crippen LogP contribution is -2.49. The largest absolute Gasteiger partial charge is 0.487 e. The summed E-state index contributed by atoms with van der Waals surface area (Å²) in [5.41, 5.74) is 2.94. The first kappa shape index (κ1) is 24.2. The van der Waals surface area contributed by atoms with E-state index in [1.54, 1.807) is 17.2 Å². The van der Waals surface area contributed by atoms with Crippen molar-refractivity contribution in [1.82, 2.24) is 14.8 Å². The molecule has 1 aliphatic heterocycles. The van der Waals surface area contributed by atoms with Crippen LogP contribution in [0, 0.1) is 0 Å². The number of ether oxygens (including phenoxy) is 2. The number of amides is 1. The second-order valence-electron chi connectivity index (χ2n) is 8.26. The monoisotopic (exact) mass is 471 g/mol. The van der Waals surface area contributed by atoms with Crippen LogP contribution >= 0.6 is 0 Å². The Morgan fingerprint density at radius 3 is 2.34 bits per heavy atom. The molecule has 0 radical (unpaired) electrons. The number of nitrogens with zero attached hydrogens (tertiary/aromatic N) is 3. The lowest BCUT2D eigenvalue weighted by atomic mass is 10.2.